The highest BCUT2D eigenvalue weighted by Gasteiger charge is 2.13. The van der Waals surface area contributed by atoms with Gasteiger partial charge in [-0.2, -0.15) is 0 Å². The summed E-state index contributed by atoms with van der Waals surface area (Å²) in [6.45, 7) is 6.90. The van der Waals surface area contributed by atoms with Gasteiger partial charge < -0.3 is 5.11 Å². The number of nitrogens with zero attached hydrogens (tertiary/aromatic N) is 1. The number of hydrazine groups is 1. The normalized spacial score (nSPS) is 20.5. The quantitative estimate of drug-likeness (QED) is 0.691. The molecular weight excluding hydrogens is 164 g/mol. The first-order valence-electron chi connectivity index (χ1n) is 5.29. The van der Waals surface area contributed by atoms with Crippen molar-refractivity contribution in [2.75, 3.05) is 19.6 Å². The molecule has 1 fully saturated rings. The molecule has 0 aromatic rings. The zero-order chi connectivity index (χ0) is 9.73. The zero-order valence-corrected chi connectivity index (χ0v) is 8.84. The summed E-state index contributed by atoms with van der Waals surface area (Å²) < 4.78 is 0. The van der Waals surface area contributed by atoms with E-state index in [0.29, 0.717) is 0 Å². The van der Waals surface area contributed by atoms with E-state index in [0.717, 1.165) is 26.1 Å². The molecule has 2 N–H and O–H groups in total. The Labute approximate surface area is 81.1 Å². The topological polar surface area (TPSA) is 35.5 Å². The molecular formula is C10H22N2O. The van der Waals surface area contributed by atoms with Crippen LogP contribution >= 0.6 is 0 Å². The molecule has 1 rings (SSSR count). The third kappa shape index (κ3) is 5.24. The molecule has 1 aliphatic rings. The maximum absolute atomic E-state index is 9.49. The van der Waals surface area contributed by atoms with Gasteiger partial charge in [0.15, 0.2) is 0 Å². The molecule has 78 valence electrons. The van der Waals surface area contributed by atoms with Gasteiger partial charge in [-0.1, -0.05) is 6.42 Å². The smallest absolute Gasteiger partial charge is 0.0604 e. The van der Waals surface area contributed by atoms with Crippen molar-refractivity contribution in [3.05, 3.63) is 0 Å². The first kappa shape index (κ1) is 11.0. The molecule has 3 nitrogen and oxygen atoms in total. The number of piperidine rings is 1. The van der Waals surface area contributed by atoms with Crippen LogP contribution in [0, 0.1) is 0 Å². The van der Waals surface area contributed by atoms with E-state index in [2.05, 4.69) is 10.4 Å². The fourth-order valence-corrected chi connectivity index (χ4v) is 1.57. The van der Waals surface area contributed by atoms with Crippen LogP contribution in [0.25, 0.3) is 0 Å². The predicted octanol–water partition coefficient (Wildman–Crippen LogP) is 1.14. The van der Waals surface area contributed by atoms with Crippen molar-refractivity contribution in [1.82, 2.24) is 10.4 Å². The fourth-order valence-electron chi connectivity index (χ4n) is 1.57. The van der Waals surface area contributed by atoms with Gasteiger partial charge >= 0.3 is 0 Å². The Morgan fingerprint density at radius 3 is 2.38 bits per heavy atom. The third-order valence-electron chi connectivity index (χ3n) is 2.43. The standard InChI is InChI=1S/C10H22N2O/c1-10(2,13)6-7-11-12-8-4-3-5-9-12/h11,13H,3-9H2,1-2H3. The Kier molecular flexibility index (Phi) is 4.16. The van der Waals surface area contributed by atoms with Crippen molar-refractivity contribution >= 4 is 0 Å². The third-order valence-corrected chi connectivity index (χ3v) is 2.43. The molecule has 1 aliphatic heterocycles. The van der Waals surface area contributed by atoms with Crippen LogP contribution in [0.3, 0.4) is 0 Å². The highest BCUT2D eigenvalue weighted by molar-refractivity contribution is 4.67. The van der Waals surface area contributed by atoms with E-state index in [1.807, 2.05) is 13.8 Å². The van der Waals surface area contributed by atoms with Crippen molar-refractivity contribution in [3.63, 3.8) is 0 Å². The largest absolute Gasteiger partial charge is 0.390 e. The summed E-state index contributed by atoms with van der Waals surface area (Å²) >= 11 is 0. The molecule has 0 unspecified atom stereocenters. The Morgan fingerprint density at radius 1 is 1.23 bits per heavy atom. The molecule has 1 heterocycles. The number of rotatable bonds is 4. The van der Waals surface area contributed by atoms with Crippen LogP contribution in [0.5, 0.6) is 0 Å². The summed E-state index contributed by atoms with van der Waals surface area (Å²) in [7, 11) is 0. The molecule has 0 aromatic carbocycles. The van der Waals surface area contributed by atoms with Crippen molar-refractivity contribution in [2.45, 2.75) is 45.1 Å². The summed E-state index contributed by atoms with van der Waals surface area (Å²) in [5.41, 5.74) is 2.81. The van der Waals surface area contributed by atoms with E-state index in [1.165, 1.54) is 19.3 Å². The maximum atomic E-state index is 9.49. The van der Waals surface area contributed by atoms with E-state index in [1.54, 1.807) is 0 Å². The Hall–Kier alpha value is -0.120. The van der Waals surface area contributed by atoms with Gasteiger partial charge in [0.25, 0.3) is 0 Å². The van der Waals surface area contributed by atoms with Crippen LogP contribution in [0.2, 0.25) is 0 Å². The van der Waals surface area contributed by atoms with Crippen LogP contribution in [0.1, 0.15) is 39.5 Å². The molecule has 0 spiro atoms. The lowest BCUT2D eigenvalue weighted by Crippen LogP contribution is -2.43. The first-order chi connectivity index (χ1) is 6.08. The maximum Gasteiger partial charge on any atom is 0.0604 e. The minimum atomic E-state index is -0.539. The Morgan fingerprint density at radius 2 is 1.85 bits per heavy atom. The summed E-state index contributed by atoms with van der Waals surface area (Å²) in [4.78, 5) is 0. The molecule has 1 saturated heterocycles. The first-order valence-corrected chi connectivity index (χ1v) is 5.29. The van der Waals surface area contributed by atoms with Crippen molar-refractivity contribution in [1.29, 1.82) is 0 Å². The van der Waals surface area contributed by atoms with Gasteiger partial charge in [0.05, 0.1) is 5.60 Å². The van der Waals surface area contributed by atoms with E-state index in [-0.39, 0.29) is 0 Å². The second-order valence-electron chi connectivity index (χ2n) is 4.52. The van der Waals surface area contributed by atoms with Crippen molar-refractivity contribution < 1.29 is 5.11 Å². The minimum absolute atomic E-state index is 0.539. The highest BCUT2D eigenvalue weighted by atomic mass is 16.3. The predicted molar refractivity (Wildman–Crippen MR) is 54.3 cm³/mol. The second-order valence-corrected chi connectivity index (χ2v) is 4.52. The molecule has 0 aliphatic carbocycles. The molecule has 0 radical (unpaired) electrons. The van der Waals surface area contributed by atoms with Crippen LogP contribution in [0.15, 0.2) is 0 Å². The van der Waals surface area contributed by atoms with Crippen LogP contribution in [-0.4, -0.2) is 35.4 Å². The molecule has 0 saturated carbocycles. The van der Waals surface area contributed by atoms with Crippen molar-refractivity contribution in [2.24, 2.45) is 0 Å². The fraction of sp³-hybridized carbons (Fsp3) is 1.00. The number of nitrogens with one attached hydrogen (secondary N) is 1. The van der Waals surface area contributed by atoms with Gasteiger partial charge in [-0.15, -0.1) is 0 Å². The van der Waals surface area contributed by atoms with E-state index in [4.69, 9.17) is 0 Å². The highest BCUT2D eigenvalue weighted by Crippen LogP contribution is 2.08. The molecule has 0 aromatic heterocycles. The molecule has 0 amide bonds. The summed E-state index contributed by atoms with van der Waals surface area (Å²) in [5.74, 6) is 0. The van der Waals surface area contributed by atoms with Crippen LogP contribution < -0.4 is 5.43 Å². The average Bonchev–Trinajstić information content (AvgIpc) is 2.04. The molecule has 13 heavy (non-hydrogen) atoms. The van der Waals surface area contributed by atoms with Gasteiger partial charge in [0.1, 0.15) is 0 Å². The molecule has 3 heteroatoms. The minimum Gasteiger partial charge on any atom is -0.390 e. The van der Waals surface area contributed by atoms with E-state index in [9.17, 15) is 5.11 Å². The lowest BCUT2D eigenvalue weighted by Gasteiger charge is -2.28. The van der Waals surface area contributed by atoms with E-state index >= 15 is 0 Å². The van der Waals surface area contributed by atoms with Gasteiger partial charge in [-0.05, 0) is 33.1 Å². The van der Waals surface area contributed by atoms with Crippen LogP contribution in [-0.2, 0) is 0 Å². The lowest BCUT2D eigenvalue weighted by atomic mass is 10.1. The monoisotopic (exact) mass is 186 g/mol. The summed E-state index contributed by atoms with van der Waals surface area (Å²) in [6.07, 6.45) is 4.78. The van der Waals surface area contributed by atoms with Crippen molar-refractivity contribution in [3.8, 4) is 0 Å². The van der Waals surface area contributed by atoms with Gasteiger partial charge in [0, 0.05) is 19.6 Å². The van der Waals surface area contributed by atoms with Crippen LogP contribution in [0.4, 0.5) is 0 Å². The molecule has 0 atom stereocenters. The van der Waals surface area contributed by atoms with Gasteiger partial charge in [0.2, 0.25) is 0 Å². The summed E-state index contributed by atoms with van der Waals surface area (Å²) in [6, 6.07) is 0. The number of hydrogen-bond acceptors (Lipinski definition) is 3. The summed E-state index contributed by atoms with van der Waals surface area (Å²) in [5, 5.41) is 11.8. The van der Waals surface area contributed by atoms with Gasteiger partial charge in [-0.3, -0.25) is 5.43 Å². The Bertz CT molecular complexity index is 136. The second kappa shape index (κ2) is 4.94. The number of aliphatic hydroxyl groups is 1. The number of hydrogen-bond donors (Lipinski definition) is 2. The molecule has 0 bridgehead atoms. The van der Waals surface area contributed by atoms with Gasteiger partial charge in [-0.25, -0.2) is 5.01 Å². The zero-order valence-electron chi connectivity index (χ0n) is 8.84. The average molecular weight is 186 g/mol. The Balaban J connectivity index is 2.04. The van der Waals surface area contributed by atoms with E-state index < -0.39 is 5.60 Å². The SMILES string of the molecule is CC(C)(O)CCNN1CCCCC1. The lowest BCUT2D eigenvalue weighted by molar-refractivity contribution is 0.0586.